The molecule has 0 saturated heterocycles. The maximum Gasteiger partial charge on any atom is 0.311 e. The average molecular weight is 172 g/mol. The predicted octanol–water partition coefficient (Wildman–Crippen LogP) is 0.788. The average Bonchev–Trinajstić information content (AvgIpc) is 2.35. The van der Waals surface area contributed by atoms with Crippen LogP contribution in [0.5, 0.6) is 0 Å². The standard InChI is InChI=1S/C6H8N2O2S/c1-10-5(9)2-4-3-7-6(11)8-4/h3H,2H2,1H3,(H2,7,8,11). The summed E-state index contributed by atoms with van der Waals surface area (Å²) < 4.78 is 4.97. The van der Waals surface area contributed by atoms with Crippen molar-refractivity contribution in [3.05, 3.63) is 16.7 Å². The molecule has 0 saturated carbocycles. The van der Waals surface area contributed by atoms with Gasteiger partial charge in [0.15, 0.2) is 4.77 Å². The molecule has 1 aromatic rings. The second-order valence-electron chi connectivity index (χ2n) is 2.02. The van der Waals surface area contributed by atoms with Crippen molar-refractivity contribution in [1.29, 1.82) is 0 Å². The molecule has 0 aliphatic rings. The van der Waals surface area contributed by atoms with Gasteiger partial charge in [-0.25, -0.2) is 0 Å². The molecule has 0 aromatic carbocycles. The van der Waals surface area contributed by atoms with Crippen LogP contribution >= 0.6 is 12.2 Å². The maximum absolute atomic E-state index is 10.7. The van der Waals surface area contributed by atoms with Crippen molar-refractivity contribution in [2.75, 3.05) is 7.11 Å². The minimum atomic E-state index is -0.282. The molecule has 0 aliphatic carbocycles. The zero-order valence-electron chi connectivity index (χ0n) is 6.01. The number of carbonyl (C=O) groups excluding carboxylic acids is 1. The zero-order valence-corrected chi connectivity index (χ0v) is 6.83. The molecule has 1 heterocycles. The van der Waals surface area contributed by atoms with Gasteiger partial charge in [-0.15, -0.1) is 0 Å². The number of nitrogens with one attached hydrogen (secondary N) is 2. The molecule has 0 atom stereocenters. The first-order chi connectivity index (χ1) is 5.22. The van der Waals surface area contributed by atoms with E-state index in [1.165, 1.54) is 7.11 Å². The second kappa shape index (κ2) is 3.34. The topological polar surface area (TPSA) is 57.9 Å². The van der Waals surface area contributed by atoms with Crippen molar-refractivity contribution in [2.45, 2.75) is 6.42 Å². The Kier molecular flexibility index (Phi) is 2.43. The van der Waals surface area contributed by atoms with Gasteiger partial charge in [0, 0.05) is 11.9 Å². The summed E-state index contributed by atoms with van der Waals surface area (Å²) in [5.74, 6) is -0.282. The van der Waals surface area contributed by atoms with Crippen LogP contribution in [-0.2, 0) is 16.0 Å². The molecule has 1 rings (SSSR count). The van der Waals surface area contributed by atoms with Gasteiger partial charge in [0.05, 0.1) is 13.5 Å². The Morgan fingerprint density at radius 3 is 3.00 bits per heavy atom. The lowest BCUT2D eigenvalue weighted by molar-refractivity contribution is -0.139. The first-order valence-corrected chi connectivity index (χ1v) is 3.46. The number of hydrogen-bond acceptors (Lipinski definition) is 3. The monoisotopic (exact) mass is 172 g/mol. The fourth-order valence-electron chi connectivity index (χ4n) is 0.694. The second-order valence-corrected chi connectivity index (χ2v) is 2.43. The molecule has 4 nitrogen and oxygen atoms in total. The van der Waals surface area contributed by atoms with Gasteiger partial charge >= 0.3 is 5.97 Å². The summed E-state index contributed by atoms with van der Waals surface area (Å²) in [6.45, 7) is 0. The highest BCUT2D eigenvalue weighted by Gasteiger charge is 2.02. The summed E-state index contributed by atoms with van der Waals surface area (Å²) in [5, 5.41) is 0. The molecular formula is C6H8N2O2S. The Balaban J connectivity index is 2.65. The van der Waals surface area contributed by atoms with E-state index in [0.717, 1.165) is 5.69 Å². The van der Waals surface area contributed by atoms with Crippen LogP contribution in [0.2, 0.25) is 0 Å². The minimum Gasteiger partial charge on any atom is -0.469 e. The van der Waals surface area contributed by atoms with Crippen LogP contribution in [0.1, 0.15) is 5.69 Å². The fourth-order valence-corrected chi connectivity index (χ4v) is 0.884. The molecule has 0 amide bonds. The van der Waals surface area contributed by atoms with Gasteiger partial charge in [-0.1, -0.05) is 0 Å². The molecule has 11 heavy (non-hydrogen) atoms. The zero-order chi connectivity index (χ0) is 8.27. The van der Waals surface area contributed by atoms with Gasteiger partial charge in [0.2, 0.25) is 0 Å². The summed E-state index contributed by atoms with van der Waals surface area (Å²) in [6, 6.07) is 0. The van der Waals surface area contributed by atoms with Gasteiger partial charge in [-0.3, -0.25) is 4.79 Å². The van der Waals surface area contributed by atoms with E-state index in [1.807, 2.05) is 0 Å². The lowest BCUT2D eigenvalue weighted by Crippen LogP contribution is -2.04. The number of carbonyl (C=O) groups is 1. The Morgan fingerprint density at radius 2 is 2.55 bits per heavy atom. The third kappa shape index (κ3) is 2.19. The van der Waals surface area contributed by atoms with Crippen LogP contribution in [0.15, 0.2) is 6.20 Å². The van der Waals surface area contributed by atoms with E-state index in [2.05, 4.69) is 14.7 Å². The normalized spacial score (nSPS) is 9.55. The quantitative estimate of drug-likeness (QED) is 0.512. The Morgan fingerprint density at radius 1 is 1.82 bits per heavy atom. The largest absolute Gasteiger partial charge is 0.469 e. The number of esters is 1. The summed E-state index contributed by atoms with van der Waals surface area (Å²) >= 11 is 4.76. The molecule has 0 bridgehead atoms. The highest BCUT2D eigenvalue weighted by molar-refractivity contribution is 7.71. The van der Waals surface area contributed by atoms with Crippen LogP contribution in [0.4, 0.5) is 0 Å². The Hall–Kier alpha value is -1.10. The first-order valence-electron chi connectivity index (χ1n) is 3.06. The molecule has 0 radical (unpaired) electrons. The minimum absolute atomic E-state index is 0.226. The van der Waals surface area contributed by atoms with E-state index >= 15 is 0 Å². The van der Waals surface area contributed by atoms with Crippen molar-refractivity contribution in [3.63, 3.8) is 0 Å². The van der Waals surface area contributed by atoms with Gasteiger partial charge in [-0.05, 0) is 12.2 Å². The Labute approximate surface area is 68.6 Å². The van der Waals surface area contributed by atoms with Crippen molar-refractivity contribution in [1.82, 2.24) is 9.97 Å². The summed E-state index contributed by atoms with van der Waals surface area (Å²) in [6.07, 6.45) is 1.88. The van der Waals surface area contributed by atoms with E-state index in [9.17, 15) is 4.79 Å². The molecule has 2 N–H and O–H groups in total. The molecule has 0 spiro atoms. The molecule has 0 fully saturated rings. The lowest BCUT2D eigenvalue weighted by atomic mass is 10.3. The highest BCUT2D eigenvalue weighted by atomic mass is 32.1. The van der Waals surface area contributed by atoms with Crippen LogP contribution in [0, 0.1) is 4.77 Å². The molecule has 0 aliphatic heterocycles. The summed E-state index contributed by atoms with van der Waals surface area (Å²) in [4.78, 5) is 16.2. The fraction of sp³-hybridized carbons (Fsp3) is 0.333. The van der Waals surface area contributed by atoms with Crippen molar-refractivity contribution < 1.29 is 9.53 Å². The summed E-state index contributed by atoms with van der Waals surface area (Å²) in [7, 11) is 1.35. The van der Waals surface area contributed by atoms with E-state index in [4.69, 9.17) is 12.2 Å². The van der Waals surface area contributed by atoms with E-state index in [0.29, 0.717) is 4.77 Å². The summed E-state index contributed by atoms with van der Waals surface area (Å²) in [5.41, 5.74) is 0.738. The molecule has 1 aromatic heterocycles. The number of ether oxygens (including phenoxy) is 1. The lowest BCUT2D eigenvalue weighted by Gasteiger charge is -1.93. The highest BCUT2D eigenvalue weighted by Crippen LogP contribution is 1.95. The number of aromatic amines is 2. The van der Waals surface area contributed by atoms with Crippen LogP contribution in [-0.4, -0.2) is 23.0 Å². The number of aromatic nitrogens is 2. The van der Waals surface area contributed by atoms with Crippen LogP contribution in [0.3, 0.4) is 0 Å². The Bertz CT molecular complexity index is 302. The number of methoxy groups -OCH3 is 1. The number of imidazole rings is 1. The molecular weight excluding hydrogens is 164 g/mol. The van der Waals surface area contributed by atoms with Gasteiger partial charge in [0.25, 0.3) is 0 Å². The number of hydrogen-bond donors (Lipinski definition) is 2. The van der Waals surface area contributed by atoms with Crippen molar-refractivity contribution >= 4 is 18.2 Å². The van der Waals surface area contributed by atoms with E-state index in [-0.39, 0.29) is 12.4 Å². The van der Waals surface area contributed by atoms with Gasteiger partial charge in [-0.2, -0.15) is 0 Å². The van der Waals surface area contributed by atoms with Crippen molar-refractivity contribution in [2.24, 2.45) is 0 Å². The van der Waals surface area contributed by atoms with E-state index in [1.54, 1.807) is 6.20 Å². The van der Waals surface area contributed by atoms with Crippen LogP contribution < -0.4 is 0 Å². The molecule has 0 unspecified atom stereocenters. The van der Waals surface area contributed by atoms with Crippen LogP contribution in [0.25, 0.3) is 0 Å². The predicted molar refractivity (Wildman–Crippen MR) is 41.7 cm³/mol. The van der Waals surface area contributed by atoms with E-state index < -0.39 is 0 Å². The smallest absolute Gasteiger partial charge is 0.311 e. The van der Waals surface area contributed by atoms with Crippen molar-refractivity contribution in [3.8, 4) is 0 Å². The first kappa shape index (κ1) is 8.00. The number of H-pyrrole nitrogens is 2. The maximum atomic E-state index is 10.7. The molecule has 5 heteroatoms. The SMILES string of the molecule is COC(=O)Cc1c[nH]c(=S)[nH]1. The third-order valence-electron chi connectivity index (χ3n) is 1.21. The third-order valence-corrected chi connectivity index (χ3v) is 1.43. The number of rotatable bonds is 2. The van der Waals surface area contributed by atoms with Gasteiger partial charge < -0.3 is 14.7 Å². The van der Waals surface area contributed by atoms with Gasteiger partial charge in [0.1, 0.15) is 0 Å². The molecule has 60 valence electrons.